The highest BCUT2D eigenvalue weighted by Gasteiger charge is 2.20. The summed E-state index contributed by atoms with van der Waals surface area (Å²) in [4.78, 5) is 32.6. The van der Waals surface area contributed by atoms with Crippen LogP contribution in [-0.4, -0.2) is 39.9 Å². The molecule has 0 saturated carbocycles. The third-order valence-electron chi connectivity index (χ3n) is 4.92. The molecular weight excluding hydrogens is 384 g/mol. The number of aromatic amines is 1. The van der Waals surface area contributed by atoms with Crippen LogP contribution in [0.3, 0.4) is 0 Å². The van der Waals surface area contributed by atoms with Crippen LogP contribution in [0.15, 0.2) is 64.2 Å². The van der Waals surface area contributed by atoms with Crippen molar-refractivity contribution in [2.45, 2.75) is 13.1 Å². The van der Waals surface area contributed by atoms with E-state index in [1.165, 1.54) is 4.57 Å². The fourth-order valence-electron chi connectivity index (χ4n) is 3.47. The van der Waals surface area contributed by atoms with Crippen molar-refractivity contribution in [3.63, 3.8) is 0 Å². The normalized spacial score (nSPS) is 11.1. The van der Waals surface area contributed by atoms with E-state index in [4.69, 9.17) is 14.5 Å². The second kappa shape index (κ2) is 8.38. The van der Waals surface area contributed by atoms with Crippen molar-refractivity contribution < 1.29 is 9.47 Å². The third kappa shape index (κ3) is 3.65. The summed E-state index contributed by atoms with van der Waals surface area (Å²) in [7, 11) is 3.19. The molecule has 0 amide bonds. The fourth-order valence-corrected chi connectivity index (χ4v) is 3.47. The molecule has 0 aliphatic carbocycles. The van der Waals surface area contributed by atoms with E-state index in [1.807, 2.05) is 54.6 Å². The average Bonchev–Trinajstić information content (AvgIpc) is 3.16. The lowest BCUT2D eigenvalue weighted by atomic mass is 10.2. The molecule has 4 rings (SSSR count). The van der Waals surface area contributed by atoms with E-state index in [2.05, 4.69) is 4.98 Å². The molecule has 8 nitrogen and oxygen atoms in total. The molecule has 0 atom stereocenters. The van der Waals surface area contributed by atoms with Gasteiger partial charge in [-0.25, -0.2) is 9.78 Å². The molecule has 0 radical (unpaired) electrons. The Morgan fingerprint density at radius 2 is 1.80 bits per heavy atom. The summed E-state index contributed by atoms with van der Waals surface area (Å²) in [5.41, 5.74) is 1.41. The van der Waals surface area contributed by atoms with Crippen LogP contribution in [-0.2, 0) is 17.8 Å². The monoisotopic (exact) mass is 406 g/mol. The number of benzene rings is 2. The van der Waals surface area contributed by atoms with Gasteiger partial charge < -0.3 is 14.0 Å². The lowest BCUT2D eigenvalue weighted by molar-refractivity contribution is 0.188. The standard InChI is InChI=1S/C22H22N4O4/c1-29-12-11-25-18-20(23-19(25)16-9-6-10-17(13-16)30-2)26(22(28)24-21(18)27)14-15-7-4-3-5-8-15/h3-10,13H,11-12,14H2,1-2H3,(H,24,27,28). The number of fused-ring (bicyclic) bond motifs is 1. The first kappa shape index (κ1) is 19.7. The van der Waals surface area contributed by atoms with Gasteiger partial charge in [-0.3, -0.25) is 14.3 Å². The van der Waals surface area contributed by atoms with Gasteiger partial charge in [0.1, 0.15) is 11.6 Å². The maximum Gasteiger partial charge on any atom is 0.330 e. The Bertz CT molecular complexity index is 1290. The second-order valence-corrected chi connectivity index (χ2v) is 6.82. The minimum atomic E-state index is -0.495. The summed E-state index contributed by atoms with van der Waals surface area (Å²) >= 11 is 0. The van der Waals surface area contributed by atoms with Crippen LogP contribution in [0, 0.1) is 0 Å². The molecule has 0 aliphatic rings. The maximum absolute atomic E-state index is 12.8. The van der Waals surface area contributed by atoms with Gasteiger partial charge in [0.25, 0.3) is 5.56 Å². The van der Waals surface area contributed by atoms with Gasteiger partial charge in [0.2, 0.25) is 0 Å². The lowest BCUT2D eigenvalue weighted by Crippen LogP contribution is -2.31. The van der Waals surface area contributed by atoms with Gasteiger partial charge in [0, 0.05) is 19.2 Å². The average molecular weight is 406 g/mol. The predicted octanol–water partition coefficient (Wildman–Crippen LogP) is 2.26. The number of imidazole rings is 1. The highest BCUT2D eigenvalue weighted by Crippen LogP contribution is 2.26. The van der Waals surface area contributed by atoms with E-state index >= 15 is 0 Å². The van der Waals surface area contributed by atoms with Crippen molar-refractivity contribution in [3.05, 3.63) is 81.0 Å². The molecule has 30 heavy (non-hydrogen) atoms. The van der Waals surface area contributed by atoms with Gasteiger partial charge in [0.05, 0.1) is 20.3 Å². The number of methoxy groups -OCH3 is 2. The highest BCUT2D eigenvalue weighted by molar-refractivity contribution is 5.77. The molecule has 154 valence electrons. The van der Waals surface area contributed by atoms with Crippen molar-refractivity contribution in [3.8, 4) is 17.1 Å². The number of hydrogen-bond donors (Lipinski definition) is 1. The van der Waals surface area contributed by atoms with Crippen LogP contribution < -0.4 is 16.0 Å². The van der Waals surface area contributed by atoms with Gasteiger partial charge in [0.15, 0.2) is 11.2 Å². The van der Waals surface area contributed by atoms with Gasteiger partial charge in [-0.1, -0.05) is 42.5 Å². The molecule has 0 spiro atoms. The van der Waals surface area contributed by atoms with Crippen molar-refractivity contribution >= 4 is 11.2 Å². The Hall–Kier alpha value is -3.65. The molecule has 0 fully saturated rings. The molecule has 8 heteroatoms. The van der Waals surface area contributed by atoms with Crippen LogP contribution in [0.2, 0.25) is 0 Å². The minimum Gasteiger partial charge on any atom is -0.497 e. The van der Waals surface area contributed by atoms with Crippen molar-refractivity contribution in [1.82, 2.24) is 19.1 Å². The molecule has 0 unspecified atom stereocenters. The summed E-state index contributed by atoms with van der Waals surface area (Å²) in [5, 5.41) is 0. The first-order chi connectivity index (χ1) is 14.6. The van der Waals surface area contributed by atoms with Crippen molar-refractivity contribution in [2.24, 2.45) is 0 Å². The number of nitrogens with one attached hydrogen (secondary N) is 1. The summed E-state index contributed by atoms with van der Waals surface area (Å²) < 4.78 is 13.8. The zero-order chi connectivity index (χ0) is 21.1. The molecule has 2 aromatic carbocycles. The van der Waals surface area contributed by atoms with Gasteiger partial charge in [-0.2, -0.15) is 0 Å². The van der Waals surface area contributed by atoms with E-state index in [1.54, 1.807) is 18.8 Å². The molecular formula is C22H22N4O4. The number of rotatable bonds is 7. The largest absolute Gasteiger partial charge is 0.497 e. The molecule has 2 aromatic heterocycles. The molecule has 1 N–H and O–H groups in total. The summed E-state index contributed by atoms with van der Waals surface area (Å²) in [5.74, 6) is 1.24. The Morgan fingerprint density at radius 3 is 2.53 bits per heavy atom. The zero-order valence-electron chi connectivity index (χ0n) is 16.8. The molecule has 0 bridgehead atoms. The molecule has 4 aromatic rings. The van der Waals surface area contributed by atoms with Gasteiger partial charge >= 0.3 is 5.69 Å². The second-order valence-electron chi connectivity index (χ2n) is 6.82. The number of nitrogens with zero attached hydrogens (tertiary/aromatic N) is 3. The minimum absolute atomic E-state index is 0.297. The molecule has 2 heterocycles. The summed E-state index contributed by atoms with van der Waals surface area (Å²) in [6.45, 7) is 1.09. The van der Waals surface area contributed by atoms with Crippen LogP contribution in [0.25, 0.3) is 22.6 Å². The quantitative estimate of drug-likeness (QED) is 0.508. The van der Waals surface area contributed by atoms with Crippen LogP contribution in [0.5, 0.6) is 5.75 Å². The van der Waals surface area contributed by atoms with E-state index < -0.39 is 11.2 Å². The van der Waals surface area contributed by atoms with Crippen LogP contribution >= 0.6 is 0 Å². The third-order valence-corrected chi connectivity index (χ3v) is 4.92. The van der Waals surface area contributed by atoms with Crippen LogP contribution in [0.1, 0.15) is 5.56 Å². The smallest absolute Gasteiger partial charge is 0.330 e. The van der Waals surface area contributed by atoms with Crippen LogP contribution in [0.4, 0.5) is 0 Å². The Morgan fingerprint density at radius 1 is 1.00 bits per heavy atom. The maximum atomic E-state index is 12.8. The highest BCUT2D eigenvalue weighted by atomic mass is 16.5. The Labute approximate surface area is 172 Å². The van der Waals surface area contributed by atoms with E-state index in [-0.39, 0.29) is 0 Å². The Balaban J connectivity index is 1.97. The number of aromatic nitrogens is 4. The van der Waals surface area contributed by atoms with Gasteiger partial charge in [-0.15, -0.1) is 0 Å². The number of H-pyrrole nitrogens is 1. The lowest BCUT2D eigenvalue weighted by Gasteiger charge is -2.09. The van der Waals surface area contributed by atoms with Gasteiger partial charge in [-0.05, 0) is 17.7 Å². The molecule has 0 saturated heterocycles. The van der Waals surface area contributed by atoms with E-state index in [0.717, 1.165) is 11.1 Å². The summed E-state index contributed by atoms with van der Waals surface area (Å²) in [6, 6.07) is 17.0. The first-order valence-electron chi connectivity index (χ1n) is 9.53. The number of ether oxygens (including phenoxy) is 2. The number of hydrogen-bond acceptors (Lipinski definition) is 5. The van der Waals surface area contributed by atoms with Crippen molar-refractivity contribution in [1.29, 1.82) is 0 Å². The SMILES string of the molecule is COCCn1c(-c2cccc(OC)c2)nc2c1c(=O)[nH]c(=O)n2Cc1ccccc1. The first-order valence-corrected chi connectivity index (χ1v) is 9.53. The van der Waals surface area contributed by atoms with E-state index in [0.29, 0.717) is 42.4 Å². The molecule has 0 aliphatic heterocycles. The van der Waals surface area contributed by atoms with Crippen molar-refractivity contribution in [2.75, 3.05) is 20.8 Å². The topological polar surface area (TPSA) is 91.1 Å². The fraction of sp³-hybridized carbons (Fsp3) is 0.227. The summed E-state index contributed by atoms with van der Waals surface area (Å²) in [6.07, 6.45) is 0. The Kier molecular flexibility index (Phi) is 5.49. The zero-order valence-corrected chi connectivity index (χ0v) is 16.8. The predicted molar refractivity (Wildman–Crippen MR) is 114 cm³/mol. The van der Waals surface area contributed by atoms with E-state index in [9.17, 15) is 9.59 Å².